The van der Waals surface area contributed by atoms with Crippen molar-refractivity contribution in [2.45, 2.75) is 45.1 Å². The van der Waals surface area contributed by atoms with E-state index in [2.05, 4.69) is 6.92 Å². The third-order valence-electron chi connectivity index (χ3n) is 4.27. The quantitative estimate of drug-likeness (QED) is 0.917. The predicted molar refractivity (Wildman–Crippen MR) is 82.2 cm³/mol. The summed E-state index contributed by atoms with van der Waals surface area (Å²) < 4.78 is 0. The van der Waals surface area contributed by atoms with Gasteiger partial charge in [-0.1, -0.05) is 37.3 Å². The third-order valence-corrected chi connectivity index (χ3v) is 4.27. The van der Waals surface area contributed by atoms with Gasteiger partial charge in [0.15, 0.2) is 0 Å². The fraction of sp³-hybridized carbons (Fsp3) is 0.588. The molecule has 110 valence electrons. The van der Waals surface area contributed by atoms with E-state index in [-0.39, 0.29) is 11.9 Å². The molecule has 0 radical (unpaired) electrons. The maximum absolute atomic E-state index is 12.3. The van der Waals surface area contributed by atoms with Gasteiger partial charge < -0.3 is 10.6 Å². The largest absolute Gasteiger partial charge is 0.343 e. The van der Waals surface area contributed by atoms with Crippen LogP contribution in [0.2, 0.25) is 0 Å². The van der Waals surface area contributed by atoms with Crippen molar-refractivity contribution in [1.29, 1.82) is 0 Å². The molecule has 1 heterocycles. The smallest absolute Gasteiger partial charge is 0.222 e. The lowest BCUT2D eigenvalue weighted by Gasteiger charge is -2.21. The highest BCUT2D eigenvalue weighted by Gasteiger charge is 2.19. The summed E-state index contributed by atoms with van der Waals surface area (Å²) in [7, 11) is 0. The third kappa shape index (κ3) is 4.34. The van der Waals surface area contributed by atoms with Crippen LogP contribution in [0.5, 0.6) is 0 Å². The lowest BCUT2D eigenvalue weighted by Crippen LogP contribution is -2.32. The summed E-state index contributed by atoms with van der Waals surface area (Å²) in [6, 6.07) is 10.00. The van der Waals surface area contributed by atoms with Gasteiger partial charge in [0.2, 0.25) is 5.91 Å². The summed E-state index contributed by atoms with van der Waals surface area (Å²) in [6.45, 7) is 4.11. The van der Waals surface area contributed by atoms with E-state index >= 15 is 0 Å². The highest BCUT2D eigenvalue weighted by Crippen LogP contribution is 2.19. The highest BCUT2D eigenvalue weighted by atomic mass is 16.2. The van der Waals surface area contributed by atoms with Crippen LogP contribution >= 0.6 is 0 Å². The van der Waals surface area contributed by atoms with E-state index in [1.54, 1.807) is 0 Å². The van der Waals surface area contributed by atoms with Crippen molar-refractivity contribution < 1.29 is 4.79 Å². The van der Waals surface area contributed by atoms with E-state index in [0.29, 0.717) is 6.42 Å². The number of rotatable bonds is 4. The van der Waals surface area contributed by atoms with E-state index < -0.39 is 0 Å². The Bertz CT molecular complexity index is 418. The number of hydrogen-bond acceptors (Lipinski definition) is 2. The number of nitrogens with two attached hydrogens (primary N) is 1. The Hall–Kier alpha value is -1.35. The van der Waals surface area contributed by atoms with Crippen LogP contribution in [0.1, 0.15) is 50.6 Å². The van der Waals surface area contributed by atoms with Crippen LogP contribution in [-0.4, -0.2) is 23.9 Å². The molecule has 0 aromatic heterocycles. The molecule has 3 nitrogen and oxygen atoms in total. The van der Waals surface area contributed by atoms with E-state index in [9.17, 15) is 4.79 Å². The van der Waals surface area contributed by atoms with Gasteiger partial charge in [0.05, 0.1) is 0 Å². The predicted octanol–water partition coefficient (Wildman–Crippen LogP) is 3.12. The minimum atomic E-state index is -0.0361. The van der Waals surface area contributed by atoms with Gasteiger partial charge in [-0.05, 0) is 37.2 Å². The fourth-order valence-electron chi connectivity index (χ4n) is 2.82. The Morgan fingerprint density at radius 3 is 2.80 bits per heavy atom. The van der Waals surface area contributed by atoms with Crippen LogP contribution in [0.3, 0.4) is 0 Å². The summed E-state index contributed by atoms with van der Waals surface area (Å²) in [5.41, 5.74) is 7.27. The molecule has 20 heavy (non-hydrogen) atoms. The summed E-state index contributed by atoms with van der Waals surface area (Å²) in [5.74, 6) is 1.02. The molecule has 1 aromatic rings. The molecule has 0 bridgehead atoms. The molecule has 1 aromatic carbocycles. The Morgan fingerprint density at radius 2 is 2.05 bits per heavy atom. The molecule has 0 spiro atoms. The molecule has 1 fully saturated rings. The minimum absolute atomic E-state index is 0.0361. The molecule has 2 rings (SSSR count). The normalized spacial score (nSPS) is 21.3. The van der Waals surface area contributed by atoms with Crippen molar-refractivity contribution in [2.24, 2.45) is 11.7 Å². The van der Waals surface area contributed by atoms with Crippen LogP contribution in [-0.2, 0) is 4.79 Å². The lowest BCUT2D eigenvalue weighted by atomic mass is 10.0. The molecule has 2 N–H and O–H groups in total. The molecular formula is C17H26N2O. The second-order valence-electron chi connectivity index (χ2n) is 5.97. The average Bonchev–Trinajstić information content (AvgIpc) is 2.70. The standard InChI is InChI=1S/C17H26N2O/c1-14-6-5-12-19(13-11-14)17(20)10-9-16(18)15-7-3-2-4-8-15/h2-4,7-8,14,16H,5-6,9-13,18H2,1H3. The molecule has 3 heteroatoms. The first-order valence-corrected chi connectivity index (χ1v) is 7.75. The highest BCUT2D eigenvalue weighted by molar-refractivity contribution is 5.76. The molecule has 1 aliphatic rings. The van der Waals surface area contributed by atoms with Crippen LogP contribution < -0.4 is 5.73 Å². The summed E-state index contributed by atoms with van der Waals surface area (Å²) in [5, 5.41) is 0. The van der Waals surface area contributed by atoms with Gasteiger partial charge in [-0.2, -0.15) is 0 Å². The monoisotopic (exact) mass is 274 g/mol. The molecule has 0 aliphatic carbocycles. The second kappa shape index (κ2) is 7.44. The second-order valence-corrected chi connectivity index (χ2v) is 5.97. The first kappa shape index (κ1) is 15.0. The van der Waals surface area contributed by atoms with Crippen LogP contribution in [0.25, 0.3) is 0 Å². The van der Waals surface area contributed by atoms with Gasteiger partial charge >= 0.3 is 0 Å². The van der Waals surface area contributed by atoms with Gasteiger partial charge in [0.25, 0.3) is 0 Å². The SMILES string of the molecule is CC1CCCN(C(=O)CCC(N)c2ccccc2)CC1. The topological polar surface area (TPSA) is 46.3 Å². The summed E-state index contributed by atoms with van der Waals surface area (Å²) in [6.07, 6.45) is 4.81. The Balaban J connectivity index is 1.80. The van der Waals surface area contributed by atoms with Crippen molar-refractivity contribution in [3.63, 3.8) is 0 Å². The van der Waals surface area contributed by atoms with E-state index in [4.69, 9.17) is 5.73 Å². The zero-order valence-electron chi connectivity index (χ0n) is 12.4. The summed E-state index contributed by atoms with van der Waals surface area (Å²) >= 11 is 0. The van der Waals surface area contributed by atoms with Gasteiger partial charge in [0.1, 0.15) is 0 Å². The Morgan fingerprint density at radius 1 is 1.30 bits per heavy atom. The molecule has 2 unspecified atom stereocenters. The number of likely N-dealkylation sites (tertiary alicyclic amines) is 1. The van der Waals surface area contributed by atoms with Crippen molar-refractivity contribution in [3.05, 3.63) is 35.9 Å². The van der Waals surface area contributed by atoms with Crippen molar-refractivity contribution in [1.82, 2.24) is 4.90 Å². The lowest BCUT2D eigenvalue weighted by molar-refractivity contribution is -0.131. The van der Waals surface area contributed by atoms with Gasteiger partial charge in [-0.25, -0.2) is 0 Å². The van der Waals surface area contributed by atoms with E-state index in [1.807, 2.05) is 35.2 Å². The number of hydrogen-bond donors (Lipinski definition) is 1. The number of amides is 1. The fourth-order valence-corrected chi connectivity index (χ4v) is 2.82. The van der Waals surface area contributed by atoms with Crippen LogP contribution in [0.4, 0.5) is 0 Å². The van der Waals surface area contributed by atoms with Crippen molar-refractivity contribution in [3.8, 4) is 0 Å². The zero-order valence-corrected chi connectivity index (χ0v) is 12.4. The number of nitrogens with zero attached hydrogens (tertiary/aromatic N) is 1. The molecular weight excluding hydrogens is 248 g/mol. The van der Waals surface area contributed by atoms with Gasteiger partial charge in [0, 0.05) is 25.6 Å². The molecule has 1 aliphatic heterocycles. The number of carbonyl (C=O) groups excluding carboxylic acids is 1. The molecule has 1 saturated heterocycles. The summed E-state index contributed by atoms with van der Waals surface area (Å²) in [4.78, 5) is 14.3. The van der Waals surface area contributed by atoms with E-state index in [0.717, 1.165) is 43.8 Å². The van der Waals surface area contributed by atoms with Crippen LogP contribution in [0.15, 0.2) is 30.3 Å². The number of carbonyl (C=O) groups is 1. The molecule has 0 saturated carbocycles. The van der Waals surface area contributed by atoms with E-state index in [1.165, 1.54) is 6.42 Å². The first-order valence-electron chi connectivity index (χ1n) is 7.75. The number of benzene rings is 1. The Kier molecular flexibility index (Phi) is 5.60. The Labute approximate surface area is 122 Å². The van der Waals surface area contributed by atoms with Gasteiger partial charge in [-0.3, -0.25) is 4.79 Å². The maximum Gasteiger partial charge on any atom is 0.222 e. The first-order chi connectivity index (χ1) is 9.66. The van der Waals surface area contributed by atoms with Gasteiger partial charge in [-0.15, -0.1) is 0 Å². The van der Waals surface area contributed by atoms with Crippen LogP contribution in [0, 0.1) is 5.92 Å². The van der Waals surface area contributed by atoms with Crippen molar-refractivity contribution >= 4 is 5.91 Å². The minimum Gasteiger partial charge on any atom is -0.343 e. The average molecular weight is 274 g/mol. The maximum atomic E-state index is 12.3. The van der Waals surface area contributed by atoms with Crippen molar-refractivity contribution in [2.75, 3.05) is 13.1 Å². The molecule has 2 atom stereocenters. The zero-order chi connectivity index (χ0) is 14.4. The molecule has 1 amide bonds.